The van der Waals surface area contributed by atoms with Gasteiger partial charge in [0.15, 0.2) is 0 Å². The summed E-state index contributed by atoms with van der Waals surface area (Å²) in [7, 11) is 1.92. The maximum absolute atomic E-state index is 4.62. The topological polar surface area (TPSA) is 37.8 Å². The average Bonchev–Trinajstić information content (AvgIpc) is 2.30. The van der Waals surface area contributed by atoms with Gasteiger partial charge in [-0.2, -0.15) is 11.8 Å². The van der Waals surface area contributed by atoms with E-state index in [9.17, 15) is 0 Å². The molecule has 0 aliphatic carbocycles. The van der Waals surface area contributed by atoms with Crippen molar-refractivity contribution in [3.05, 3.63) is 17.1 Å². The van der Waals surface area contributed by atoms with Crippen LogP contribution < -0.4 is 5.32 Å². The highest BCUT2D eigenvalue weighted by molar-refractivity contribution is 7.98. The van der Waals surface area contributed by atoms with E-state index in [2.05, 4.69) is 43.0 Å². The lowest BCUT2D eigenvalue weighted by Gasteiger charge is -2.11. The summed E-state index contributed by atoms with van der Waals surface area (Å²) in [6, 6.07) is 0. The van der Waals surface area contributed by atoms with Crippen molar-refractivity contribution in [3.8, 4) is 0 Å². The lowest BCUT2D eigenvalue weighted by Crippen LogP contribution is -2.06. The van der Waals surface area contributed by atoms with Crippen molar-refractivity contribution in [2.24, 2.45) is 5.92 Å². The lowest BCUT2D eigenvalue weighted by atomic mass is 10.2. The number of anilines is 1. The molecule has 3 nitrogen and oxygen atoms in total. The molecule has 0 unspecified atom stereocenters. The molecule has 0 amide bonds. The van der Waals surface area contributed by atoms with E-state index in [4.69, 9.17) is 0 Å². The van der Waals surface area contributed by atoms with E-state index >= 15 is 0 Å². The highest BCUT2D eigenvalue weighted by atomic mass is 32.2. The highest BCUT2D eigenvalue weighted by Gasteiger charge is 2.08. The summed E-state index contributed by atoms with van der Waals surface area (Å²) in [4.78, 5) is 9.18. The monoisotopic (exact) mass is 253 g/mol. The van der Waals surface area contributed by atoms with Gasteiger partial charge in [-0.05, 0) is 25.0 Å². The van der Waals surface area contributed by atoms with Crippen LogP contribution in [0.15, 0.2) is 0 Å². The van der Waals surface area contributed by atoms with E-state index in [0.717, 1.165) is 41.2 Å². The predicted octanol–water partition coefficient (Wildman–Crippen LogP) is 3.28. The molecule has 17 heavy (non-hydrogen) atoms. The first kappa shape index (κ1) is 14.3. The van der Waals surface area contributed by atoms with Gasteiger partial charge in [-0.15, -0.1) is 0 Å². The molecule has 0 bridgehead atoms. The van der Waals surface area contributed by atoms with E-state index < -0.39 is 0 Å². The summed E-state index contributed by atoms with van der Waals surface area (Å²) in [5.41, 5.74) is 2.33. The van der Waals surface area contributed by atoms with Crippen molar-refractivity contribution in [1.82, 2.24) is 9.97 Å². The fourth-order valence-corrected chi connectivity index (χ4v) is 2.55. The zero-order valence-corrected chi connectivity index (χ0v) is 12.3. The van der Waals surface area contributed by atoms with E-state index in [1.807, 2.05) is 18.8 Å². The van der Waals surface area contributed by atoms with Crippen LogP contribution >= 0.6 is 11.8 Å². The van der Waals surface area contributed by atoms with Crippen molar-refractivity contribution in [3.63, 3.8) is 0 Å². The Morgan fingerprint density at radius 3 is 2.53 bits per heavy atom. The largest absolute Gasteiger partial charge is 0.373 e. The van der Waals surface area contributed by atoms with E-state index in [0.29, 0.717) is 0 Å². The molecule has 0 aliphatic heterocycles. The summed E-state index contributed by atoms with van der Waals surface area (Å²) in [5.74, 6) is 4.70. The van der Waals surface area contributed by atoms with Crippen molar-refractivity contribution in [1.29, 1.82) is 0 Å². The molecule has 0 aliphatic rings. The fraction of sp³-hybridized carbons (Fsp3) is 0.692. The number of thioether (sulfide) groups is 1. The smallest absolute Gasteiger partial charge is 0.140 e. The average molecular weight is 253 g/mol. The summed E-state index contributed by atoms with van der Waals surface area (Å²) in [6.45, 7) is 8.69. The Bertz CT molecular complexity index is 339. The molecule has 96 valence electrons. The van der Waals surface area contributed by atoms with Gasteiger partial charge >= 0.3 is 0 Å². The molecule has 0 radical (unpaired) electrons. The maximum atomic E-state index is 4.62. The zero-order valence-electron chi connectivity index (χ0n) is 11.5. The van der Waals surface area contributed by atoms with Crippen LogP contribution in [0.1, 0.15) is 37.9 Å². The van der Waals surface area contributed by atoms with Crippen LogP contribution in [0.4, 0.5) is 5.82 Å². The number of rotatable bonds is 6. The zero-order chi connectivity index (χ0) is 12.8. The van der Waals surface area contributed by atoms with Crippen LogP contribution in [0.25, 0.3) is 0 Å². The molecule has 0 aromatic carbocycles. The van der Waals surface area contributed by atoms with Crippen LogP contribution in [0.2, 0.25) is 0 Å². The minimum atomic E-state index is 0.722. The molecule has 1 rings (SSSR count). The summed E-state index contributed by atoms with van der Waals surface area (Å²) in [5, 5.41) is 3.15. The Morgan fingerprint density at radius 2 is 2.00 bits per heavy atom. The molecule has 4 heteroatoms. The molecule has 1 heterocycles. The normalized spacial score (nSPS) is 10.9. The van der Waals surface area contributed by atoms with Crippen LogP contribution in [0.3, 0.4) is 0 Å². The Hall–Kier alpha value is -0.770. The van der Waals surface area contributed by atoms with Crippen LogP contribution in [0, 0.1) is 12.8 Å². The molecule has 0 spiro atoms. The van der Waals surface area contributed by atoms with Gasteiger partial charge in [-0.1, -0.05) is 20.8 Å². The molecule has 1 aromatic heterocycles. The minimum Gasteiger partial charge on any atom is -0.373 e. The number of hydrogen-bond donors (Lipinski definition) is 1. The van der Waals surface area contributed by atoms with E-state index in [1.165, 1.54) is 5.56 Å². The number of hydrogen-bond acceptors (Lipinski definition) is 4. The van der Waals surface area contributed by atoms with Gasteiger partial charge in [0, 0.05) is 18.3 Å². The SMILES string of the molecule is CCc1nc(CSCC(C)C)nc(NC)c1C. The number of aromatic nitrogens is 2. The fourth-order valence-electron chi connectivity index (χ4n) is 1.65. The number of nitrogens with one attached hydrogen (secondary N) is 1. The number of nitrogens with zero attached hydrogens (tertiary/aromatic N) is 2. The Morgan fingerprint density at radius 1 is 1.29 bits per heavy atom. The third-order valence-corrected chi connectivity index (χ3v) is 3.91. The van der Waals surface area contributed by atoms with Gasteiger partial charge in [-0.25, -0.2) is 9.97 Å². The third kappa shape index (κ3) is 4.19. The van der Waals surface area contributed by atoms with Crippen LogP contribution in [-0.2, 0) is 12.2 Å². The van der Waals surface area contributed by atoms with Crippen molar-refractivity contribution >= 4 is 17.6 Å². The van der Waals surface area contributed by atoms with Gasteiger partial charge in [0.05, 0.1) is 5.75 Å². The Labute approximate surface area is 109 Å². The van der Waals surface area contributed by atoms with Crippen molar-refractivity contribution in [2.75, 3.05) is 18.1 Å². The number of aryl methyl sites for hydroxylation is 1. The molecular formula is C13H23N3S. The molecule has 0 saturated heterocycles. The summed E-state index contributed by atoms with van der Waals surface area (Å²) in [6.07, 6.45) is 0.963. The van der Waals surface area contributed by atoms with E-state index in [1.54, 1.807) is 0 Å². The summed E-state index contributed by atoms with van der Waals surface area (Å²) >= 11 is 1.91. The maximum Gasteiger partial charge on any atom is 0.140 e. The Balaban J connectivity index is 2.78. The summed E-state index contributed by atoms with van der Waals surface area (Å²) < 4.78 is 0. The quantitative estimate of drug-likeness (QED) is 0.844. The highest BCUT2D eigenvalue weighted by Crippen LogP contribution is 2.19. The van der Waals surface area contributed by atoms with Crippen molar-refractivity contribution < 1.29 is 0 Å². The lowest BCUT2D eigenvalue weighted by molar-refractivity contribution is 0.749. The minimum absolute atomic E-state index is 0.722. The Kier molecular flexibility index (Phi) is 5.75. The van der Waals surface area contributed by atoms with Crippen LogP contribution in [0.5, 0.6) is 0 Å². The van der Waals surface area contributed by atoms with Gasteiger partial charge in [0.2, 0.25) is 0 Å². The third-order valence-electron chi connectivity index (χ3n) is 2.55. The first-order chi connectivity index (χ1) is 8.08. The first-order valence-corrected chi connectivity index (χ1v) is 7.35. The molecule has 1 N–H and O–H groups in total. The van der Waals surface area contributed by atoms with Gasteiger partial charge in [-0.3, -0.25) is 0 Å². The predicted molar refractivity (Wildman–Crippen MR) is 76.7 cm³/mol. The van der Waals surface area contributed by atoms with Gasteiger partial charge < -0.3 is 5.32 Å². The van der Waals surface area contributed by atoms with Gasteiger partial charge in [0.25, 0.3) is 0 Å². The second-order valence-electron chi connectivity index (χ2n) is 4.57. The van der Waals surface area contributed by atoms with Crippen LogP contribution in [-0.4, -0.2) is 22.8 Å². The second-order valence-corrected chi connectivity index (χ2v) is 5.60. The van der Waals surface area contributed by atoms with E-state index in [-0.39, 0.29) is 0 Å². The second kappa shape index (κ2) is 6.84. The molecular weight excluding hydrogens is 230 g/mol. The molecule has 0 atom stereocenters. The molecule has 0 saturated carbocycles. The van der Waals surface area contributed by atoms with Gasteiger partial charge in [0.1, 0.15) is 11.6 Å². The molecule has 0 fully saturated rings. The van der Waals surface area contributed by atoms with Crippen molar-refractivity contribution in [2.45, 2.75) is 39.9 Å². The molecule has 1 aromatic rings. The standard InChI is InChI=1S/C13H23N3S/c1-6-11-10(4)13(14-5)16-12(15-11)8-17-7-9(2)3/h9H,6-8H2,1-5H3,(H,14,15,16). The first-order valence-electron chi connectivity index (χ1n) is 6.20.